The zero-order valence-electron chi connectivity index (χ0n) is 12.1. The second-order valence-electron chi connectivity index (χ2n) is 4.83. The van der Waals surface area contributed by atoms with Gasteiger partial charge in [0, 0.05) is 12.2 Å². The standard InChI is InChI=1S/C17H20FN3/c1-2-13-5-4-8-16(12-13)21-17(19)20-10-9-14-6-3-7-15(18)11-14/h3-8,11-12H,2,9-10H2,1H3,(H3,19,20,21). The first-order valence-corrected chi connectivity index (χ1v) is 7.07. The lowest BCUT2D eigenvalue weighted by atomic mass is 10.1. The van der Waals surface area contributed by atoms with E-state index in [-0.39, 0.29) is 5.82 Å². The summed E-state index contributed by atoms with van der Waals surface area (Å²) in [5, 5.41) is 3.07. The molecule has 0 aliphatic heterocycles. The molecule has 3 N–H and O–H groups in total. The van der Waals surface area contributed by atoms with Gasteiger partial charge in [-0.3, -0.25) is 4.99 Å². The maximum Gasteiger partial charge on any atom is 0.193 e. The molecule has 0 atom stereocenters. The van der Waals surface area contributed by atoms with E-state index in [4.69, 9.17) is 5.73 Å². The van der Waals surface area contributed by atoms with Crippen molar-refractivity contribution < 1.29 is 4.39 Å². The normalized spacial score (nSPS) is 11.4. The number of aryl methyl sites for hydroxylation is 1. The molecule has 0 unspecified atom stereocenters. The van der Waals surface area contributed by atoms with Gasteiger partial charge in [-0.15, -0.1) is 0 Å². The smallest absolute Gasteiger partial charge is 0.193 e. The first-order valence-electron chi connectivity index (χ1n) is 7.07. The molecule has 2 aromatic carbocycles. The van der Waals surface area contributed by atoms with Crippen molar-refractivity contribution in [2.75, 3.05) is 11.9 Å². The highest BCUT2D eigenvalue weighted by atomic mass is 19.1. The van der Waals surface area contributed by atoms with Gasteiger partial charge in [-0.1, -0.05) is 31.2 Å². The Balaban J connectivity index is 1.89. The molecule has 0 saturated carbocycles. The molecule has 0 aliphatic rings. The van der Waals surface area contributed by atoms with Crippen LogP contribution in [0.3, 0.4) is 0 Å². The summed E-state index contributed by atoms with van der Waals surface area (Å²) in [5.74, 6) is 0.151. The van der Waals surface area contributed by atoms with E-state index in [1.807, 2.05) is 18.2 Å². The van der Waals surface area contributed by atoms with E-state index < -0.39 is 0 Å². The van der Waals surface area contributed by atoms with Crippen LogP contribution in [0.4, 0.5) is 10.1 Å². The van der Waals surface area contributed by atoms with E-state index in [2.05, 4.69) is 29.4 Å². The molecule has 0 bridgehead atoms. The van der Waals surface area contributed by atoms with Gasteiger partial charge in [0.05, 0.1) is 0 Å². The van der Waals surface area contributed by atoms with Gasteiger partial charge in [0.2, 0.25) is 0 Å². The van der Waals surface area contributed by atoms with Gasteiger partial charge in [-0.05, 0) is 48.2 Å². The van der Waals surface area contributed by atoms with Crippen LogP contribution < -0.4 is 11.1 Å². The predicted octanol–water partition coefficient (Wildman–Crippen LogP) is 3.36. The third-order valence-electron chi connectivity index (χ3n) is 3.18. The monoisotopic (exact) mass is 285 g/mol. The number of hydrogen-bond acceptors (Lipinski definition) is 1. The van der Waals surface area contributed by atoms with Crippen LogP contribution >= 0.6 is 0 Å². The van der Waals surface area contributed by atoms with Crippen LogP contribution in [0, 0.1) is 5.82 Å². The third kappa shape index (κ3) is 4.91. The van der Waals surface area contributed by atoms with Crippen LogP contribution in [-0.2, 0) is 12.8 Å². The Morgan fingerprint density at radius 2 is 1.90 bits per heavy atom. The molecule has 110 valence electrons. The van der Waals surface area contributed by atoms with Crippen molar-refractivity contribution in [1.29, 1.82) is 0 Å². The average molecular weight is 285 g/mol. The fraction of sp³-hybridized carbons (Fsp3) is 0.235. The number of nitrogens with two attached hydrogens (primary N) is 1. The van der Waals surface area contributed by atoms with Crippen LogP contribution in [-0.4, -0.2) is 12.5 Å². The second-order valence-corrected chi connectivity index (χ2v) is 4.83. The van der Waals surface area contributed by atoms with Crippen LogP contribution in [0.25, 0.3) is 0 Å². The molecule has 0 saturated heterocycles. The molecule has 0 radical (unpaired) electrons. The lowest BCUT2D eigenvalue weighted by Crippen LogP contribution is -2.23. The number of halogens is 1. The van der Waals surface area contributed by atoms with Gasteiger partial charge >= 0.3 is 0 Å². The molecule has 2 rings (SSSR count). The van der Waals surface area contributed by atoms with Crippen molar-refractivity contribution in [2.24, 2.45) is 10.7 Å². The van der Waals surface area contributed by atoms with Crippen molar-refractivity contribution in [3.05, 3.63) is 65.5 Å². The minimum Gasteiger partial charge on any atom is -0.370 e. The lowest BCUT2D eigenvalue weighted by Gasteiger charge is -2.07. The summed E-state index contributed by atoms with van der Waals surface area (Å²) in [6.07, 6.45) is 1.64. The van der Waals surface area contributed by atoms with Crippen LogP contribution in [0.2, 0.25) is 0 Å². The highest BCUT2D eigenvalue weighted by molar-refractivity contribution is 5.92. The number of nitrogens with one attached hydrogen (secondary N) is 1. The van der Waals surface area contributed by atoms with Crippen molar-refractivity contribution >= 4 is 11.6 Å². The SMILES string of the molecule is CCc1cccc(NC(N)=NCCc2cccc(F)c2)c1. The number of guanidine groups is 1. The summed E-state index contributed by atoms with van der Waals surface area (Å²) >= 11 is 0. The Labute approximate surface area is 124 Å². The van der Waals surface area contributed by atoms with Gasteiger partial charge in [-0.2, -0.15) is 0 Å². The fourth-order valence-electron chi connectivity index (χ4n) is 2.05. The van der Waals surface area contributed by atoms with E-state index >= 15 is 0 Å². The summed E-state index contributed by atoms with van der Waals surface area (Å²) in [5.41, 5.74) is 8.95. The number of benzene rings is 2. The minimum atomic E-state index is -0.223. The molecule has 0 amide bonds. The molecule has 2 aromatic rings. The predicted molar refractivity (Wildman–Crippen MR) is 86.0 cm³/mol. The highest BCUT2D eigenvalue weighted by Crippen LogP contribution is 2.10. The molecule has 0 aliphatic carbocycles. The van der Waals surface area contributed by atoms with Gasteiger partial charge < -0.3 is 11.1 Å². The summed E-state index contributed by atoms with van der Waals surface area (Å²) in [6.45, 7) is 2.63. The Morgan fingerprint density at radius 1 is 1.14 bits per heavy atom. The summed E-state index contributed by atoms with van der Waals surface area (Å²) < 4.78 is 13.0. The quantitative estimate of drug-likeness (QED) is 0.654. The van der Waals surface area contributed by atoms with E-state index in [0.29, 0.717) is 18.9 Å². The molecule has 0 fully saturated rings. The Morgan fingerprint density at radius 3 is 2.67 bits per heavy atom. The number of nitrogens with zero attached hydrogens (tertiary/aromatic N) is 1. The second kappa shape index (κ2) is 7.43. The van der Waals surface area contributed by atoms with E-state index in [9.17, 15) is 4.39 Å². The number of anilines is 1. The van der Waals surface area contributed by atoms with Crippen LogP contribution in [0.15, 0.2) is 53.5 Å². The topological polar surface area (TPSA) is 50.4 Å². The summed E-state index contributed by atoms with van der Waals surface area (Å²) in [4.78, 5) is 4.26. The Kier molecular flexibility index (Phi) is 5.32. The maximum absolute atomic E-state index is 13.0. The first kappa shape index (κ1) is 15.0. The molecule has 4 heteroatoms. The molecule has 21 heavy (non-hydrogen) atoms. The minimum absolute atomic E-state index is 0.223. The van der Waals surface area contributed by atoms with Gasteiger partial charge in [-0.25, -0.2) is 4.39 Å². The number of rotatable bonds is 5. The highest BCUT2D eigenvalue weighted by Gasteiger charge is 1.98. The summed E-state index contributed by atoms with van der Waals surface area (Å²) in [6, 6.07) is 14.6. The van der Waals surface area contributed by atoms with Crippen molar-refractivity contribution in [1.82, 2.24) is 0 Å². The zero-order valence-corrected chi connectivity index (χ0v) is 12.1. The molecular weight excluding hydrogens is 265 g/mol. The van der Waals surface area contributed by atoms with Gasteiger partial charge in [0.25, 0.3) is 0 Å². The van der Waals surface area contributed by atoms with E-state index in [0.717, 1.165) is 17.7 Å². The number of hydrogen-bond donors (Lipinski definition) is 2. The van der Waals surface area contributed by atoms with Crippen molar-refractivity contribution in [2.45, 2.75) is 19.8 Å². The summed E-state index contributed by atoms with van der Waals surface area (Å²) in [7, 11) is 0. The van der Waals surface area contributed by atoms with Gasteiger partial charge in [0.15, 0.2) is 5.96 Å². The Hall–Kier alpha value is -2.36. The molecule has 0 spiro atoms. The third-order valence-corrected chi connectivity index (χ3v) is 3.18. The van der Waals surface area contributed by atoms with Gasteiger partial charge in [0.1, 0.15) is 5.82 Å². The molecule has 3 nitrogen and oxygen atoms in total. The van der Waals surface area contributed by atoms with E-state index in [1.165, 1.54) is 17.7 Å². The largest absolute Gasteiger partial charge is 0.370 e. The zero-order chi connectivity index (χ0) is 15.1. The fourth-order valence-corrected chi connectivity index (χ4v) is 2.05. The molecule has 0 heterocycles. The molecular formula is C17H20FN3. The van der Waals surface area contributed by atoms with E-state index in [1.54, 1.807) is 6.07 Å². The van der Waals surface area contributed by atoms with Crippen molar-refractivity contribution in [3.8, 4) is 0 Å². The maximum atomic E-state index is 13.0. The molecule has 0 aromatic heterocycles. The first-order chi connectivity index (χ1) is 10.2. The van der Waals surface area contributed by atoms with Crippen LogP contribution in [0.5, 0.6) is 0 Å². The number of aliphatic imine (C=N–C) groups is 1. The average Bonchev–Trinajstić information content (AvgIpc) is 2.47. The van der Waals surface area contributed by atoms with Crippen LogP contribution in [0.1, 0.15) is 18.1 Å². The van der Waals surface area contributed by atoms with Crippen molar-refractivity contribution in [3.63, 3.8) is 0 Å². The Bertz CT molecular complexity index is 623. The lowest BCUT2D eigenvalue weighted by molar-refractivity contribution is 0.625.